The molecule has 0 spiro atoms. The minimum atomic E-state index is -1.18. The second-order valence-electron chi connectivity index (χ2n) is 8.64. The molecule has 8 nitrogen and oxygen atoms in total. The van der Waals surface area contributed by atoms with E-state index < -0.39 is 29.6 Å². The number of amides is 2. The summed E-state index contributed by atoms with van der Waals surface area (Å²) in [7, 11) is 0. The van der Waals surface area contributed by atoms with Gasteiger partial charge in [0.1, 0.15) is 6.61 Å². The van der Waals surface area contributed by atoms with Crippen LogP contribution in [0.1, 0.15) is 43.2 Å². The van der Waals surface area contributed by atoms with Gasteiger partial charge in [-0.15, -0.1) is 0 Å². The van der Waals surface area contributed by atoms with E-state index in [0.29, 0.717) is 12.8 Å². The summed E-state index contributed by atoms with van der Waals surface area (Å²) in [5.41, 5.74) is 5.98. The predicted molar refractivity (Wildman–Crippen MR) is 128 cm³/mol. The third-order valence-corrected chi connectivity index (χ3v) is 7.34. The lowest BCUT2D eigenvalue weighted by Crippen LogP contribution is -2.53. The molecule has 4 rings (SSSR count). The Balaban J connectivity index is 1.39. The molecule has 1 heterocycles. The number of carboxylic acid groups (broad SMARTS) is 1. The van der Waals surface area contributed by atoms with Crippen molar-refractivity contribution in [2.45, 2.75) is 43.7 Å². The third kappa shape index (κ3) is 5.37. The van der Waals surface area contributed by atoms with Gasteiger partial charge in [0.25, 0.3) is 0 Å². The summed E-state index contributed by atoms with van der Waals surface area (Å²) in [6.07, 6.45) is -0.559. The molecule has 2 aliphatic rings. The average Bonchev–Trinajstić information content (AvgIpc) is 3.15. The van der Waals surface area contributed by atoms with Gasteiger partial charge in [0.15, 0.2) is 6.10 Å². The van der Waals surface area contributed by atoms with Gasteiger partial charge in [-0.2, -0.15) is 11.8 Å². The zero-order valence-corrected chi connectivity index (χ0v) is 19.7. The molecule has 1 unspecified atom stereocenters. The number of hydrogen-bond acceptors (Lipinski definition) is 6. The van der Waals surface area contributed by atoms with Crippen LogP contribution in [0.3, 0.4) is 0 Å². The van der Waals surface area contributed by atoms with Gasteiger partial charge in [-0.3, -0.25) is 9.63 Å². The Kier molecular flexibility index (Phi) is 7.43. The van der Waals surface area contributed by atoms with E-state index in [4.69, 9.17) is 14.7 Å². The summed E-state index contributed by atoms with van der Waals surface area (Å²) >= 11 is 1.76. The number of nitrogens with one attached hydrogen (secondary N) is 2. The van der Waals surface area contributed by atoms with Gasteiger partial charge in [0.05, 0.1) is 12.0 Å². The molecule has 9 heteroatoms. The Labute approximate surface area is 202 Å². The molecule has 1 saturated heterocycles. The smallest absolute Gasteiger partial charge is 0.407 e. The number of hydroxylamine groups is 1. The summed E-state index contributed by atoms with van der Waals surface area (Å²) < 4.78 is 5.68. The van der Waals surface area contributed by atoms with Crippen LogP contribution in [0.15, 0.2) is 48.5 Å². The molecule has 180 valence electrons. The zero-order chi connectivity index (χ0) is 24.1. The van der Waals surface area contributed by atoms with Crippen LogP contribution in [-0.4, -0.2) is 52.8 Å². The van der Waals surface area contributed by atoms with E-state index in [2.05, 4.69) is 35.1 Å². The van der Waals surface area contributed by atoms with Crippen LogP contribution in [-0.2, 0) is 19.2 Å². The Morgan fingerprint density at radius 2 is 1.65 bits per heavy atom. The molecule has 1 aliphatic carbocycles. The number of carbonyl (C=O) groups is 3. The highest BCUT2D eigenvalue weighted by Gasteiger charge is 2.37. The van der Waals surface area contributed by atoms with Gasteiger partial charge in [-0.25, -0.2) is 15.1 Å². The summed E-state index contributed by atoms with van der Waals surface area (Å²) in [4.78, 5) is 41.1. The van der Waals surface area contributed by atoms with E-state index in [9.17, 15) is 14.4 Å². The number of carbonyl (C=O) groups excluding carboxylic acids is 2. The van der Waals surface area contributed by atoms with Gasteiger partial charge in [0, 0.05) is 5.92 Å². The molecule has 1 atom stereocenters. The minimum absolute atomic E-state index is 0.0237. The second kappa shape index (κ2) is 10.5. The number of benzene rings is 2. The number of rotatable bonds is 8. The van der Waals surface area contributed by atoms with E-state index >= 15 is 0 Å². The van der Waals surface area contributed by atoms with Gasteiger partial charge in [0.2, 0.25) is 5.91 Å². The molecular weight excluding hydrogens is 456 g/mol. The Morgan fingerprint density at radius 3 is 2.24 bits per heavy atom. The first-order valence-electron chi connectivity index (χ1n) is 11.3. The topological polar surface area (TPSA) is 114 Å². The standard InChI is InChI=1S/C25H28N2O6S/c1-16(23(29)30)33-27-22(28)14-25(10-12-34-13-11-25)26-24(31)32-15-21-19-8-4-2-6-17(19)18-7-3-5-9-20(18)21/h2-9,16,21H,10-15H2,1H3,(H,26,31)(H,27,28)(H,29,30). The fourth-order valence-electron chi connectivity index (χ4n) is 4.51. The van der Waals surface area contributed by atoms with Gasteiger partial charge < -0.3 is 15.2 Å². The summed E-state index contributed by atoms with van der Waals surface area (Å²) in [5, 5.41) is 11.8. The number of alkyl carbamates (subject to hydrolysis) is 1. The largest absolute Gasteiger partial charge is 0.479 e. The van der Waals surface area contributed by atoms with E-state index in [-0.39, 0.29) is 18.9 Å². The maximum Gasteiger partial charge on any atom is 0.407 e. The molecule has 2 aromatic carbocycles. The van der Waals surface area contributed by atoms with Crippen LogP contribution in [0, 0.1) is 0 Å². The summed E-state index contributed by atoms with van der Waals surface area (Å²) in [6, 6.07) is 16.2. The molecule has 34 heavy (non-hydrogen) atoms. The Bertz CT molecular complexity index is 1020. The molecule has 3 N–H and O–H groups in total. The summed E-state index contributed by atoms with van der Waals surface area (Å²) in [5.74, 6) is -0.128. The van der Waals surface area contributed by atoms with Gasteiger partial charge in [-0.1, -0.05) is 48.5 Å². The highest BCUT2D eigenvalue weighted by Crippen LogP contribution is 2.44. The van der Waals surface area contributed by atoms with Crippen molar-refractivity contribution in [3.8, 4) is 11.1 Å². The monoisotopic (exact) mass is 484 g/mol. The quantitative estimate of drug-likeness (QED) is 0.490. The summed E-state index contributed by atoms with van der Waals surface area (Å²) in [6.45, 7) is 1.51. The predicted octanol–water partition coefficient (Wildman–Crippen LogP) is 3.70. The number of ether oxygens (including phenoxy) is 1. The molecule has 2 aromatic rings. The van der Waals surface area contributed by atoms with Crippen molar-refractivity contribution in [3.63, 3.8) is 0 Å². The third-order valence-electron chi connectivity index (χ3n) is 6.36. The number of aliphatic carboxylic acids is 1. The van der Waals surface area contributed by atoms with Crippen LogP contribution >= 0.6 is 11.8 Å². The first-order chi connectivity index (χ1) is 16.4. The van der Waals surface area contributed by atoms with Crippen LogP contribution in [0.5, 0.6) is 0 Å². The Hall–Kier alpha value is -3.04. The number of hydrogen-bond donors (Lipinski definition) is 3. The van der Waals surface area contributed by atoms with Crippen LogP contribution in [0.25, 0.3) is 11.1 Å². The van der Waals surface area contributed by atoms with Crippen molar-refractivity contribution >= 4 is 29.7 Å². The lowest BCUT2D eigenvalue weighted by Gasteiger charge is -2.37. The van der Waals surface area contributed by atoms with E-state index in [1.54, 1.807) is 11.8 Å². The zero-order valence-electron chi connectivity index (χ0n) is 18.9. The van der Waals surface area contributed by atoms with Crippen molar-refractivity contribution in [3.05, 3.63) is 59.7 Å². The maximum atomic E-state index is 12.9. The van der Waals surface area contributed by atoms with Gasteiger partial charge in [-0.05, 0) is 53.5 Å². The minimum Gasteiger partial charge on any atom is -0.479 e. The van der Waals surface area contributed by atoms with Gasteiger partial charge >= 0.3 is 12.1 Å². The van der Waals surface area contributed by atoms with Crippen LogP contribution < -0.4 is 10.8 Å². The van der Waals surface area contributed by atoms with E-state index in [1.165, 1.54) is 6.92 Å². The molecule has 0 aromatic heterocycles. The van der Waals surface area contributed by atoms with Crippen molar-refractivity contribution < 1.29 is 29.1 Å². The average molecular weight is 485 g/mol. The highest BCUT2D eigenvalue weighted by molar-refractivity contribution is 7.99. The molecular formula is C25H28N2O6S. The van der Waals surface area contributed by atoms with E-state index in [1.807, 2.05) is 24.3 Å². The molecule has 1 aliphatic heterocycles. The number of carboxylic acids is 1. The van der Waals surface area contributed by atoms with Crippen LogP contribution in [0.4, 0.5) is 4.79 Å². The van der Waals surface area contributed by atoms with Crippen molar-refractivity contribution in [1.82, 2.24) is 10.8 Å². The lowest BCUT2D eigenvalue weighted by atomic mass is 9.88. The first kappa shape index (κ1) is 24.1. The van der Waals surface area contributed by atoms with Crippen molar-refractivity contribution in [1.29, 1.82) is 0 Å². The molecule has 0 saturated carbocycles. The fraction of sp³-hybridized carbons (Fsp3) is 0.400. The van der Waals surface area contributed by atoms with E-state index in [0.717, 1.165) is 33.8 Å². The highest BCUT2D eigenvalue weighted by atomic mass is 32.2. The lowest BCUT2D eigenvalue weighted by molar-refractivity contribution is -0.159. The normalized spacial score (nSPS) is 17.2. The SMILES string of the molecule is CC(ONC(=O)CC1(NC(=O)OCC2c3ccccc3-c3ccccc32)CCSCC1)C(=O)O. The number of thioether (sulfide) groups is 1. The fourth-order valence-corrected chi connectivity index (χ4v) is 5.78. The molecule has 0 radical (unpaired) electrons. The molecule has 0 bridgehead atoms. The van der Waals surface area contributed by atoms with Crippen molar-refractivity contribution in [2.75, 3.05) is 18.1 Å². The van der Waals surface area contributed by atoms with Crippen LogP contribution in [0.2, 0.25) is 0 Å². The van der Waals surface area contributed by atoms with Crippen molar-refractivity contribution in [2.24, 2.45) is 0 Å². The maximum absolute atomic E-state index is 12.9. The first-order valence-corrected chi connectivity index (χ1v) is 12.4. The Morgan fingerprint density at radius 1 is 1.06 bits per heavy atom. The molecule has 1 fully saturated rings. The molecule has 2 amide bonds. The second-order valence-corrected chi connectivity index (χ2v) is 9.87. The number of fused-ring (bicyclic) bond motifs is 3.